The zero-order valence-corrected chi connectivity index (χ0v) is 9.45. The van der Waals surface area contributed by atoms with Crippen LogP contribution in [0.5, 0.6) is 0 Å². The lowest BCUT2D eigenvalue weighted by atomic mass is 10.1. The zero-order valence-electron chi connectivity index (χ0n) is 9.45. The van der Waals surface area contributed by atoms with Crippen LogP contribution in [0, 0.1) is 11.3 Å². The van der Waals surface area contributed by atoms with Gasteiger partial charge in [-0.3, -0.25) is 4.79 Å². The van der Waals surface area contributed by atoms with E-state index >= 15 is 0 Å². The first-order chi connectivity index (χ1) is 7.67. The predicted molar refractivity (Wildman–Crippen MR) is 61.5 cm³/mol. The molecule has 0 heterocycles. The summed E-state index contributed by atoms with van der Waals surface area (Å²) < 4.78 is 0. The number of benzene rings is 1. The average Bonchev–Trinajstić information content (AvgIpc) is 2.35. The number of hydrogen-bond acceptors (Lipinski definition) is 3. The summed E-state index contributed by atoms with van der Waals surface area (Å²) in [6.45, 7) is 2.37. The molecule has 1 atom stereocenters. The molecule has 1 amide bonds. The Kier molecular flexibility index (Phi) is 4.49. The van der Waals surface area contributed by atoms with Gasteiger partial charge < -0.3 is 10.6 Å². The Morgan fingerprint density at radius 3 is 2.94 bits per heavy atom. The van der Waals surface area contributed by atoms with Crippen LogP contribution in [-0.4, -0.2) is 19.0 Å². The van der Waals surface area contributed by atoms with E-state index in [9.17, 15) is 4.79 Å². The van der Waals surface area contributed by atoms with Gasteiger partial charge in [0.2, 0.25) is 5.91 Å². The van der Waals surface area contributed by atoms with Crippen LogP contribution in [-0.2, 0) is 11.3 Å². The maximum atomic E-state index is 11.2. The maximum absolute atomic E-state index is 11.2. The van der Waals surface area contributed by atoms with E-state index < -0.39 is 0 Å². The second kappa shape index (κ2) is 5.89. The Morgan fingerprint density at radius 1 is 1.56 bits per heavy atom. The third-order valence-corrected chi connectivity index (χ3v) is 2.31. The van der Waals surface area contributed by atoms with E-state index in [4.69, 9.17) is 5.26 Å². The highest BCUT2D eigenvalue weighted by Gasteiger charge is 2.09. The lowest BCUT2D eigenvalue weighted by Gasteiger charge is -2.12. The number of nitrogens with zero attached hydrogens (tertiary/aromatic N) is 1. The summed E-state index contributed by atoms with van der Waals surface area (Å²) in [5, 5.41) is 14.4. The van der Waals surface area contributed by atoms with E-state index in [1.807, 2.05) is 18.2 Å². The van der Waals surface area contributed by atoms with Crippen molar-refractivity contribution in [2.45, 2.75) is 19.5 Å². The van der Waals surface area contributed by atoms with E-state index in [0.29, 0.717) is 12.1 Å². The Bertz CT molecular complexity index is 409. The van der Waals surface area contributed by atoms with E-state index in [1.54, 1.807) is 20.0 Å². The second-order valence-electron chi connectivity index (χ2n) is 3.53. The normalized spacial score (nSPS) is 11.6. The molecule has 0 fully saturated rings. The minimum absolute atomic E-state index is 0.0450. The molecular weight excluding hydrogens is 202 g/mol. The van der Waals surface area contributed by atoms with Gasteiger partial charge in [-0.15, -0.1) is 0 Å². The van der Waals surface area contributed by atoms with Crippen molar-refractivity contribution >= 4 is 5.91 Å². The monoisotopic (exact) mass is 217 g/mol. The number of hydrogen-bond donors (Lipinski definition) is 2. The Labute approximate surface area is 95.3 Å². The van der Waals surface area contributed by atoms with Crippen molar-refractivity contribution in [2.75, 3.05) is 7.05 Å². The van der Waals surface area contributed by atoms with Crippen molar-refractivity contribution in [2.24, 2.45) is 0 Å². The Morgan fingerprint density at radius 2 is 2.31 bits per heavy atom. The van der Waals surface area contributed by atoms with Gasteiger partial charge in [-0.2, -0.15) is 5.26 Å². The Hall–Kier alpha value is -1.86. The standard InChI is InChI=1S/C12H15N3O/c1-9(12(16)14-2)15-8-11-5-3-4-10(6-11)7-13/h3-6,9,15H,8H2,1-2H3,(H,14,16)/t9-/m1/s1. The molecule has 1 aromatic rings. The molecule has 0 aliphatic rings. The molecule has 2 N–H and O–H groups in total. The molecule has 0 unspecified atom stereocenters. The summed E-state index contributed by atoms with van der Waals surface area (Å²) in [5.74, 6) is -0.0450. The zero-order chi connectivity index (χ0) is 12.0. The van der Waals surface area contributed by atoms with Crippen molar-refractivity contribution < 1.29 is 4.79 Å². The molecule has 84 valence electrons. The average molecular weight is 217 g/mol. The van der Waals surface area contributed by atoms with Crippen LogP contribution < -0.4 is 10.6 Å². The van der Waals surface area contributed by atoms with E-state index in [0.717, 1.165) is 5.56 Å². The van der Waals surface area contributed by atoms with E-state index in [1.165, 1.54) is 0 Å². The van der Waals surface area contributed by atoms with Gasteiger partial charge in [0.15, 0.2) is 0 Å². The molecule has 4 heteroatoms. The first kappa shape index (κ1) is 12.2. The fourth-order valence-electron chi connectivity index (χ4n) is 1.33. The van der Waals surface area contributed by atoms with Crippen LogP contribution in [0.15, 0.2) is 24.3 Å². The molecule has 0 aromatic heterocycles. The molecule has 1 rings (SSSR count). The minimum Gasteiger partial charge on any atom is -0.358 e. The molecule has 0 spiro atoms. The van der Waals surface area contributed by atoms with Gasteiger partial charge in [0.25, 0.3) is 0 Å². The lowest BCUT2D eigenvalue weighted by molar-refractivity contribution is -0.122. The van der Waals surface area contributed by atoms with Gasteiger partial charge in [0, 0.05) is 13.6 Å². The van der Waals surface area contributed by atoms with Crippen LogP contribution in [0.2, 0.25) is 0 Å². The van der Waals surface area contributed by atoms with Gasteiger partial charge in [-0.25, -0.2) is 0 Å². The number of carbonyl (C=O) groups excluding carboxylic acids is 1. The van der Waals surface area contributed by atoms with Crippen LogP contribution in [0.4, 0.5) is 0 Å². The van der Waals surface area contributed by atoms with Crippen LogP contribution in [0.3, 0.4) is 0 Å². The van der Waals surface area contributed by atoms with E-state index in [2.05, 4.69) is 16.7 Å². The first-order valence-electron chi connectivity index (χ1n) is 5.11. The number of amides is 1. The molecule has 0 aliphatic heterocycles. The topological polar surface area (TPSA) is 64.9 Å². The summed E-state index contributed by atoms with van der Waals surface area (Å²) in [6.07, 6.45) is 0. The third kappa shape index (κ3) is 3.37. The lowest BCUT2D eigenvalue weighted by Crippen LogP contribution is -2.40. The number of carbonyl (C=O) groups is 1. The smallest absolute Gasteiger partial charge is 0.236 e. The highest BCUT2D eigenvalue weighted by Crippen LogP contribution is 2.03. The highest BCUT2D eigenvalue weighted by molar-refractivity contribution is 5.80. The van der Waals surface area contributed by atoms with Gasteiger partial charge in [0.1, 0.15) is 0 Å². The number of nitrogens with one attached hydrogen (secondary N) is 2. The quantitative estimate of drug-likeness (QED) is 0.783. The molecule has 1 aromatic carbocycles. The van der Waals surface area contributed by atoms with Crippen LogP contribution >= 0.6 is 0 Å². The summed E-state index contributed by atoms with van der Waals surface area (Å²) in [4.78, 5) is 11.2. The fraction of sp³-hybridized carbons (Fsp3) is 0.333. The summed E-state index contributed by atoms with van der Waals surface area (Å²) >= 11 is 0. The minimum atomic E-state index is -0.240. The molecule has 0 aliphatic carbocycles. The fourth-order valence-corrected chi connectivity index (χ4v) is 1.33. The molecule has 4 nitrogen and oxygen atoms in total. The van der Waals surface area contributed by atoms with Gasteiger partial charge >= 0.3 is 0 Å². The number of rotatable bonds is 4. The SMILES string of the molecule is CNC(=O)[C@@H](C)NCc1cccc(C#N)c1. The molecule has 16 heavy (non-hydrogen) atoms. The molecule has 0 bridgehead atoms. The van der Waals surface area contributed by atoms with Crippen molar-refractivity contribution in [3.63, 3.8) is 0 Å². The number of nitriles is 1. The van der Waals surface area contributed by atoms with Gasteiger partial charge in [-0.05, 0) is 24.6 Å². The van der Waals surface area contributed by atoms with Crippen LogP contribution in [0.25, 0.3) is 0 Å². The molecule has 0 radical (unpaired) electrons. The highest BCUT2D eigenvalue weighted by atomic mass is 16.2. The Balaban J connectivity index is 2.55. The van der Waals surface area contributed by atoms with Gasteiger partial charge in [0.05, 0.1) is 17.7 Å². The third-order valence-electron chi connectivity index (χ3n) is 2.31. The molecule has 0 saturated carbocycles. The second-order valence-corrected chi connectivity index (χ2v) is 3.53. The summed E-state index contributed by atoms with van der Waals surface area (Å²) in [7, 11) is 1.61. The summed E-state index contributed by atoms with van der Waals surface area (Å²) in [5.41, 5.74) is 1.63. The number of likely N-dealkylation sites (N-methyl/N-ethyl adjacent to an activating group) is 1. The first-order valence-corrected chi connectivity index (χ1v) is 5.11. The van der Waals surface area contributed by atoms with Crippen molar-refractivity contribution in [1.82, 2.24) is 10.6 Å². The molecular formula is C12H15N3O. The van der Waals surface area contributed by atoms with Gasteiger partial charge in [-0.1, -0.05) is 12.1 Å². The van der Waals surface area contributed by atoms with Crippen molar-refractivity contribution in [3.8, 4) is 6.07 Å². The molecule has 0 saturated heterocycles. The predicted octanol–water partition coefficient (Wildman–Crippen LogP) is 0.782. The maximum Gasteiger partial charge on any atom is 0.236 e. The van der Waals surface area contributed by atoms with Crippen molar-refractivity contribution in [1.29, 1.82) is 5.26 Å². The largest absolute Gasteiger partial charge is 0.358 e. The summed E-state index contributed by atoms with van der Waals surface area (Å²) in [6, 6.07) is 9.16. The van der Waals surface area contributed by atoms with Crippen LogP contribution in [0.1, 0.15) is 18.1 Å². The van der Waals surface area contributed by atoms with Crippen molar-refractivity contribution in [3.05, 3.63) is 35.4 Å². The van der Waals surface area contributed by atoms with E-state index in [-0.39, 0.29) is 11.9 Å².